The number of hydrogen-bond acceptors (Lipinski definition) is 1. The lowest BCUT2D eigenvalue weighted by atomic mass is 9.98. The molecule has 0 aliphatic carbocycles. The van der Waals surface area contributed by atoms with E-state index in [2.05, 4.69) is 20.4 Å². The Kier molecular flexibility index (Phi) is 4.47. The van der Waals surface area contributed by atoms with Crippen molar-refractivity contribution in [2.75, 3.05) is 6.61 Å². The molecule has 1 nitrogen and oxygen atoms in total. The Morgan fingerprint density at radius 3 is 2.57 bits per heavy atom. The van der Waals surface area contributed by atoms with Gasteiger partial charge in [0.15, 0.2) is 0 Å². The molecule has 0 aromatic heterocycles. The largest absolute Gasteiger partial charge is 0.379 e. The van der Waals surface area contributed by atoms with Crippen molar-refractivity contribution < 1.29 is 4.74 Å². The number of hydrogen-bond donors (Lipinski definition) is 0. The SMILES string of the molecule is C[SiH2]C1(CCC(C)(C)Cl)CCCCO1. The zero-order valence-corrected chi connectivity index (χ0v) is 11.9. The minimum Gasteiger partial charge on any atom is -0.379 e. The van der Waals surface area contributed by atoms with Crippen molar-refractivity contribution in [2.45, 2.75) is 62.6 Å². The van der Waals surface area contributed by atoms with Crippen LogP contribution in [0.3, 0.4) is 0 Å². The Labute approximate surface area is 95.4 Å². The van der Waals surface area contributed by atoms with Crippen LogP contribution in [-0.4, -0.2) is 26.2 Å². The van der Waals surface area contributed by atoms with Crippen molar-refractivity contribution in [1.29, 1.82) is 0 Å². The molecule has 14 heavy (non-hydrogen) atoms. The summed E-state index contributed by atoms with van der Waals surface area (Å²) in [4.78, 5) is -0.0582. The average Bonchev–Trinajstić information content (AvgIpc) is 2.15. The fourth-order valence-corrected chi connectivity index (χ4v) is 3.66. The summed E-state index contributed by atoms with van der Waals surface area (Å²) >= 11 is 6.23. The third-order valence-electron chi connectivity index (χ3n) is 3.25. The first-order valence-electron chi connectivity index (χ1n) is 5.80. The fourth-order valence-electron chi connectivity index (χ4n) is 2.09. The Balaban J connectivity index is 2.44. The van der Waals surface area contributed by atoms with Gasteiger partial charge in [-0.2, -0.15) is 0 Å². The zero-order valence-electron chi connectivity index (χ0n) is 9.74. The third kappa shape index (κ3) is 3.91. The van der Waals surface area contributed by atoms with E-state index in [4.69, 9.17) is 16.3 Å². The second kappa shape index (κ2) is 5.00. The molecule has 0 spiro atoms. The van der Waals surface area contributed by atoms with Crippen LogP contribution in [0, 0.1) is 0 Å². The van der Waals surface area contributed by atoms with E-state index in [1.165, 1.54) is 25.7 Å². The molecule has 0 bridgehead atoms. The second-order valence-electron chi connectivity index (χ2n) is 5.06. The summed E-state index contributed by atoms with van der Waals surface area (Å²) < 4.78 is 6.01. The van der Waals surface area contributed by atoms with Crippen LogP contribution in [0.15, 0.2) is 0 Å². The summed E-state index contributed by atoms with van der Waals surface area (Å²) in [5.74, 6) is 0. The second-order valence-corrected chi connectivity index (χ2v) is 8.08. The van der Waals surface area contributed by atoms with Gasteiger partial charge in [-0.25, -0.2) is 0 Å². The standard InChI is InChI=1S/C11H23ClOSi/c1-10(2,12)7-8-11(14-3)6-4-5-9-13-11/h4-9,14H2,1-3H3. The molecule has 1 heterocycles. The maximum absolute atomic E-state index is 6.23. The first-order valence-corrected chi connectivity index (χ1v) is 8.30. The Morgan fingerprint density at radius 2 is 2.14 bits per heavy atom. The van der Waals surface area contributed by atoms with Crippen LogP contribution in [0.25, 0.3) is 0 Å². The van der Waals surface area contributed by atoms with Gasteiger partial charge < -0.3 is 4.74 Å². The van der Waals surface area contributed by atoms with E-state index in [9.17, 15) is 0 Å². The predicted molar refractivity (Wildman–Crippen MR) is 66.1 cm³/mol. The summed E-state index contributed by atoms with van der Waals surface area (Å²) in [5, 5.41) is 0.282. The molecular weight excluding hydrogens is 212 g/mol. The van der Waals surface area contributed by atoms with E-state index in [0.29, 0.717) is 0 Å². The van der Waals surface area contributed by atoms with E-state index >= 15 is 0 Å². The molecule has 84 valence electrons. The normalized spacial score (nSPS) is 30.0. The molecule has 1 fully saturated rings. The van der Waals surface area contributed by atoms with Gasteiger partial charge in [-0.1, -0.05) is 6.55 Å². The van der Waals surface area contributed by atoms with Crippen molar-refractivity contribution in [3.8, 4) is 0 Å². The van der Waals surface area contributed by atoms with E-state index in [1.807, 2.05) is 0 Å². The lowest BCUT2D eigenvalue weighted by Gasteiger charge is -2.38. The van der Waals surface area contributed by atoms with Crippen molar-refractivity contribution in [3.63, 3.8) is 0 Å². The lowest BCUT2D eigenvalue weighted by Crippen LogP contribution is -2.42. The first kappa shape index (κ1) is 12.5. The predicted octanol–water partition coefficient (Wildman–Crippen LogP) is 2.90. The van der Waals surface area contributed by atoms with Gasteiger partial charge >= 0.3 is 0 Å². The molecule has 0 amide bonds. The van der Waals surface area contributed by atoms with Crippen molar-refractivity contribution in [2.24, 2.45) is 0 Å². The minimum absolute atomic E-state index is 0.0582. The van der Waals surface area contributed by atoms with Crippen molar-refractivity contribution in [1.82, 2.24) is 0 Å². The highest BCUT2D eigenvalue weighted by Gasteiger charge is 2.32. The smallest absolute Gasteiger partial charge is 0.0564 e. The quantitative estimate of drug-likeness (QED) is 0.537. The highest BCUT2D eigenvalue weighted by Crippen LogP contribution is 2.32. The van der Waals surface area contributed by atoms with Gasteiger partial charge in [0.1, 0.15) is 0 Å². The van der Waals surface area contributed by atoms with E-state index in [1.54, 1.807) is 0 Å². The Morgan fingerprint density at radius 1 is 1.43 bits per heavy atom. The van der Waals surface area contributed by atoms with Gasteiger partial charge in [0.05, 0.1) is 14.7 Å². The van der Waals surface area contributed by atoms with Crippen molar-refractivity contribution >= 4 is 21.1 Å². The van der Waals surface area contributed by atoms with Crippen LogP contribution in [0.4, 0.5) is 0 Å². The first-order chi connectivity index (χ1) is 6.47. The molecule has 1 unspecified atom stereocenters. The monoisotopic (exact) mass is 234 g/mol. The fraction of sp³-hybridized carbons (Fsp3) is 1.00. The lowest BCUT2D eigenvalue weighted by molar-refractivity contribution is -0.0272. The number of alkyl halides is 1. The van der Waals surface area contributed by atoms with Gasteiger partial charge in [0.2, 0.25) is 0 Å². The van der Waals surface area contributed by atoms with Crippen molar-refractivity contribution in [3.05, 3.63) is 0 Å². The topological polar surface area (TPSA) is 9.23 Å². The average molecular weight is 235 g/mol. The summed E-state index contributed by atoms with van der Waals surface area (Å²) in [6.45, 7) is 7.54. The summed E-state index contributed by atoms with van der Waals surface area (Å²) in [6.07, 6.45) is 6.13. The molecule has 0 saturated carbocycles. The molecule has 3 heteroatoms. The van der Waals surface area contributed by atoms with Crippen LogP contribution in [0.2, 0.25) is 6.55 Å². The zero-order chi connectivity index (χ0) is 10.7. The maximum Gasteiger partial charge on any atom is 0.0564 e. The van der Waals surface area contributed by atoms with Gasteiger partial charge in [-0.05, 0) is 46.0 Å². The summed E-state index contributed by atoms with van der Waals surface area (Å²) in [6, 6.07) is 0. The van der Waals surface area contributed by atoms with Gasteiger partial charge in [0.25, 0.3) is 0 Å². The van der Waals surface area contributed by atoms with E-state index in [-0.39, 0.29) is 19.6 Å². The van der Waals surface area contributed by atoms with Gasteiger partial charge in [-0.3, -0.25) is 0 Å². The molecule has 1 saturated heterocycles. The van der Waals surface area contributed by atoms with Crippen LogP contribution >= 0.6 is 11.6 Å². The van der Waals surface area contributed by atoms with Crippen LogP contribution in [-0.2, 0) is 4.74 Å². The number of halogens is 1. The molecule has 1 rings (SSSR count). The summed E-state index contributed by atoms with van der Waals surface area (Å²) in [7, 11) is -0.0885. The molecular formula is C11H23ClOSi. The molecule has 0 aromatic carbocycles. The minimum atomic E-state index is -0.0885. The van der Waals surface area contributed by atoms with E-state index in [0.717, 1.165) is 13.0 Å². The summed E-state index contributed by atoms with van der Waals surface area (Å²) in [5.41, 5.74) is 0. The molecule has 1 aliphatic heterocycles. The van der Waals surface area contributed by atoms with Gasteiger partial charge in [-0.15, -0.1) is 11.6 Å². The molecule has 0 radical (unpaired) electrons. The number of ether oxygens (including phenoxy) is 1. The highest BCUT2D eigenvalue weighted by molar-refractivity contribution is 6.37. The van der Waals surface area contributed by atoms with E-state index < -0.39 is 0 Å². The Hall–Kier alpha value is 0.467. The molecule has 0 N–H and O–H groups in total. The number of rotatable bonds is 4. The van der Waals surface area contributed by atoms with Crippen LogP contribution in [0.5, 0.6) is 0 Å². The highest BCUT2D eigenvalue weighted by atomic mass is 35.5. The third-order valence-corrected chi connectivity index (χ3v) is 5.64. The van der Waals surface area contributed by atoms with Gasteiger partial charge in [0, 0.05) is 11.5 Å². The van der Waals surface area contributed by atoms with Crippen LogP contribution < -0.4 is 0 Å². The molecule has 1 aliphatic rings. The van der Waals surface area contributed by atoms with Crippen LogP contribution in [0.1, 0.15) is 46.0 Å². The molecule has 1 atom stereocenters. The Bertz CT molecular complexity index is 171. The maximum atomic E-state index is 6.23. The molecule has 0 aromatic rings.